The van der Waals surface area contributed by atoms with Crippen LogP contribution in [0.3, 0.4) is 0 Å². The van der Waals surface area contributed by atoms with Crippen molar-refractivity contribution in [3.63, 3.8) is 0 Å². The quantitative estimate of drug-likeness (QED) is 0.846. The van der Waals surface area contributed by atoms with Crippen molar-refractivity contribution in [2.75, 3.05) is 0 Å². The molecule has 2 rings (SSSR count). The van der Waals surface area contributed by atoms with Crippen LogP contribution in [0.4, 0.5) is 0 Å². The molecular formula is C18H23NO2. The Kier molecular flexibility index (Phi) is 5.37. The van der Waals surface area contributed by atoms with Gasteiger partial charge in [0.2, 0.25) is 0 Å². The van der Waals surface area contributed by atoms with Crippen molar-refractivity contribution in [1.82, 2.24) is 0 Å². The van der Waals surface area contributed by atoms with Crippen molar-refractivity contribution < 1.29 is 9.84 Å². The van der Waals surface area contributed by atoms with Gasteiger partial charge in [-0.2, -0.15) is 0 Å². The maximum absolute atomic E-state index is 10.2. The molecule has 0 saturated heterocycles. The summed E-state index contributed by atoms with van der Waals surface area (Å²) in [5.74, 6) is 1.74. The lowest BCUT2D eigenvalue weighted by molar-refractivity contribution is 0.0880. The van der Waals surface area contributed by atoms with Crippen LogP contribution in [0.2, 0.25) is 0 Å². The Labute approximate surface area is 126 Å². The summed E-state index contributed by atoms with van der Waals surface area (Å²) in [5, 5.41) is 10.2. The van der Waals surface area contributed by atoms with Gasteiger partial charge in [-0.3, -0.25) is 0 Å². The summed E-state index contributed by atoms with van der Waals surface area (Å²) in [6, 6.07) is 16.8. The topological polar surface area (TPSA) is 55.5 Å². The highest BCUT2D eigenvalue weighted by Gasteiger charge is 2.21. The molecule has 0 fully saturated rings. The Hall–Kier alpha value is -1.84. The van der Waals surface area contributed by atoms with Crippen LogP contribution in [0.1, 0.15) is 31.9 Å². The summed E-state index contributed by atoms with van der Waals surface area (Å²) in [7, 11) is 0. The Morgan fingerprint density at radius 3 is 2.14 bits per heavy atom. The number of ether oxygens (including phenoxy) is 1. The van der Waals surface area contributed by atoms with Crippen molar-refractivity contribution in [3.05, 3.63) is 60.2 Å². The van der Waals surface area contributed by atoms with E-state index in [2.05, 4.69) is 6.92 Å². The van der Waals surface area contributed by atoms with Gasteiger partial charge in [-0.25, -0.2) is 0 Å². The van der Waals surface area contributed by atoms with Crippen LogP contribution in [0.25, 0.3) is 0 Å². The molecule has 112 valence electrons. The molecule has 3 heteroatoms. The summed E-state index contributed by atoms with van der Waals surface area (Å²) in [5.41, 5.74) is 7.05. The fourth-order valence-corrected chi connectivity index (χ4v) is 2.18. The Morgan fingerprint density at radius 1 is 1.00 bits per heavy atom. The molecule has 2 aromatic rings. The fourth-order valence-electron chi connectivity index (χ4n) is 2.18. The molecule has 21 heavy (non-hydrogen) atoms. The molecule has 0 aliphatic heterocycles. The number of aliphatic hydroxyl groups is 1. The summed E-state index contributed by atoms with van der Waals surface area (Å²) in [6.45, 7) is 4.06. The standard InChI is InChI=1S/C18H23NO2/c1-3-13(2)18(20)17(19)14-9-11-16(12-10-14)21-15-7-5-4-6-8-15/h4-13,17-18,20H,3,19H2,1-2H3/t13?,17-,18+/m1/s1. The number of nitrogens with two attached hydrogens (primary N) is 1. The van der Waals surface area contributed by atoms with Gasteiger partial charge >= 0.3 is 0 Å². The molecule has 0 aromatic heterocycles. The monoisotopic (exact) mass is 285 g/mol. The first-order chi connectivity index (χ1) is 10.1. The molecular weight excluding hydrogens is 262 g/mol. The van der Waals surface area contributed by atoms with E-state index in [1.807, 2.05) is 61.5 Å². The van der Waals surface area contributed by atoms with Gasteiger partial charge in [-0.15, -0.1) is 0 Å². The van der Waals surface area contributed by atoms with Gasteiger partial charge in [0.1, 0.15) is 11.5 Å². The molecule has 2 aromatic carbocycles. The third-order valence-electron chi connectivity index (χ3n) is 3.84. The fraction of sp³-hybridized carbons (Fsp3) is 0.333. The van der Waals surface area contributed by atoms with Gasteiger partial charge in [0.15, 0.2) is 0 Å². The van der Waals surface area contributed by atoms with E-state index < -0.39 is 6.10 Å². The zero-order valence-electron chi connectivity index (χ0n) is 12.6. The van der Waals surface area contributed by atoms with Crippen molar-refractivity contribution in [3.8, 4) is 11.5 Å². The summed E-state index contributed by atoms with van der Waals surface area (Å²) in [4.78, 5) is 0. The van der Waals surface area contributed by atoms with E-state index >= 15 is 0 Å². The average molecular weight is 285 g/mol. The predicted molar refractivity (Wildman–Crippen MR) is 85.3 cm³/mol. The minimum absolute atomic E-state index is 0.181. The first-order valence-corrected chi connectivity index (χ1v) is 7.38. The first-order valence-electron chi connectivity index (χ1n) is 7.38. The smallest absolute Gasteiger partial charge is 0.127 e. The number of rotatable bonds is 6. The zero-order valence-corrected chi connectivity index (χ0v) is 12.6. The van der Waals surface area contributed by atoms with Gasteiger partial charge < -0.3 is 15.6 Å². The van der Waals surface area contributed by atoms with Crippen LogP contribution in [-0.2, 0) is 0 Å². The molecule has 0 amide bonds. The SMILES string of the molecule is CCC(C)[C@H](O)[C@H](N)c1ccc(Oc2ccccc2)cc1. The molecule has 3 N–H and O–H groups in total. The highest BCUT2D eigenvalue weighted by atomic mass is 16.5. The molecule has 0 saturated carbocycles. The maximum atomic E-state index is 10.2. The zero-order chi connectivity index (χ0) is 15.2. The van der Waals surface area contributed by atoms with E-state index in [4.69, 9.17) is 10.5 Å². The highest BCUT2D eigenvalue weighted by Crippen LogP contribution is 2.25. The lowest BCUT2D eigenvalue weighted by Crippen LogP contribution is -2.31. The van der Waals surface area contributed by atoms with Crippen LogP contribution < -0.4 is 10.5 Å². The minimum atomic E-state index is -0.532. The van der Waals surface area contributed by atoms with Gasteiger partial charge in [-0.1, -0.05) is 50.6 Å². The molecule has 0 aliphatic rings. The second kappa shape index (κ2) is 7.25. The third-order valence-corrected chi connectivity index (χ3v) is 3.84. The normalized spacial score (nSPS) is 15.2. The van der Waals surface area contributed by atoms with Crippen LogP contribution in [-0.4, -0.2) is 11.2 Å². The summed E-state index contributed by atoms with van der Waals surface area (Å²) >= 11 is 0. The molecule has 0 spiro atoms. The largest absolute Gasteiger partial charge is 0.457 e. The number of hydrogen-bond donors (Lipinski definition) is 2. The van der Waals surface area contributed by atoms with E-state index in [1.165, 1.54) is 0 Å². The van der Waals surface area contributed by atoms with Crippen molar-refractivity contribution >= 4 is 0 Å². The molecule has 0 heterocycles. The average Bonchev–Trinajstić information content (AvgIpc) is 2.54. The highest BCUT2D eigenvalue weighted by molar-refractivity contribution is 5.34. The molecule has 1 unspecified atom stereocenters. The van der Waals surface area contributed by atoms with E-state index in [9.17, 15) is 5.11 Å². The Balaban J connectivity index is 2.05. The second-order valence-electron chi connectivity index (χ2n) is 5.39. The lowest BCUT2D eigenvalue weighted by atomic mass is 9.92. The van der Waals surface area contributed by atoms with E-state index in [0.29, 0.717) is 0 Å². The van der Waals surface area contributed by atoms with Crippen LogP contribution in [0, 0.1) is 5.92 Å². The maximum Gasteiger partial charge on any atom is 0.127 e. The van der Waals surface area contributed by atoms with Crippen LogP contribution in [0.15, 0.2) is 54.6 Å². The third kappa shape index (κ3) is 4.06. The molecule has 0 radical (unpaired) electrons. The van der Waals surface area contributed by atoms with Crippen LogP contribution >= 0.6 is 0 Å². The summed E-state index contributed by atoms with van der Waals surface area (Å²) < 4.78 is 5.74. The van der Waals surface area contributed by atoms with Gasteiger partial charge in [0.25, 0.3) is 0 Å². The number of benzene rings is 2. The van der Waals surface area contributed by atoms with Gasteiger partial charge in [0.05, 0.1) is 12.1 Å². The minimum Gasteiger partial charge on any atom is -0.457 e. The van der Waals surface area contributed by atoms with E-state index in [-0.39, 0.29) is 12.0 Å². The van der Waals surface area contributed by atoms with Gasteiger partial charge in [0, 0.05) is 0 Å². The molecule has 3 atom stereocenters. The number of aliphatic hydroxyl groups excluding tert-OH is 1. The second-order valence-corrected chi connectivity index (χ2v) is 5.39. The number of hydrogen-bond acceptors (Lipinski definition) is 3. The number of para-hydroxylation sites is 1. The van der Waals surface area contributed by atoms with E-state index in [1.54, 1.807) is 0 Å². The van der Waals surface area contributed by atoms with E-state index in [0.717, 1.165) is 23.5 Å². The van der Waals surface area contributed by atoms with Crippen molar-refractivity contribution in [2.45, 2.75) is 32.4 Å². The first kappa shape index (κ1) is 15.5. The molecule has 3 nitrogen and oxygen atoms in total. The summed E-state index contributed by atoms with van der Waals surface area (Å²) in [6.07, 6.45) is 0.375. The lowest BCUT2D eigenvalue weighted by Gasteiger charge is -2.24. The molecule has 0 bridgehead atoms. The Morgan fingerprint density at radius 2 is 1.57 bits per heavy atom. The van der Waals surface area contributed by atoms with Crippen molar-refractivity contribution in [2.24, 2.45) is 11.7 Å². The van der Waals surface area contributed by atoms with Gasteiger partial charge in [-0.05, 0) is 35.7 Å². The predicted octanol–water partition coefficient (Wildman–Crippen LogP) is 3.89. The van der Waals surface area contributed by atoms with Crippen molar-refractivity contribution in [1.29, 1.82) is 0 Å². The molecule has 0 aliphatic carbocycles. The Bertz CT molecular complexity index is 539. The van der Waals surface area contributed by atoms with Crippen LogP contribution in [0.5, 0.6) is 11.5 Å².